The molecule has 0 saturated heterocycles. The van der Waals surface area contributed by atoms with Gasteiger partial charge in [-0.25, -0.2) is 0 Å². The highest BCUT2D eigenvalue weighted by molar-refractivity contribution is 7.17. The molecular formula is C15H20N4OS. The molecule has 0 fully saturated rings. The summed E-state index contributed by atoms with van der Waals surface area (Å²) >= 11 is 1.27. The number of benzene rings is 1. The molecule has 21 heavy (non-hydrogen) atoms. The maximum atomic E-state index is 12.2. The van der Waals surface area contributed by atoms with Gasteiger partial charge in [0.15, 0.2) is 0 Å². The molecule has 0 aliphatic carbocycles. The van der Waals surface area contributed by atoms with Crippen LogP contribution >= 0.6 is 11.3 Å². The second-order valence-electron chi connectivity index (χ2n) is 5.07. The monoisotopic (exact) mass is 304 g/mol. The van der Waals surface area contributed by atoms with Crippen LogP contribution in [-0.2, 0) is 0 Å². The maximum Gasteiger partial charge on any atom is 0.286 e. The Balaban J connectivity index is 2.04. The zero-order valence-electron chi connectivity index (χ0n) is 12.5. The van der Waals surface area contributed by atoms with Crippen molar-refractivity contribution in [1.29, 1.82) is 0 Å². The average molecular weight is 304 g/mol. The Hall–Kier alpha value is -1.95. The van der Waals surface area contributed by atoms with Crippen LogP contribution in [0.25, 0.3) is 0 Å². The van der Waals surface area contributed by atoms with Crippen LogP contribution in [0.4, 0.5) is 10.8 Å². The van der Waals surface area contributed by atoms with Gasteiger partial charge in [0.1, 0.15) is 0 Å². The molecule has 0 unspecified atom stereocenters. The van der Waals surface area contributed by atoms with Crippen LogP contribution < -0.4 is 10.6 Å². The number of nitrogens with zero attached hydrogens (tertiary/aromatic N) is 2. The number of carbonyl (C=O) groups excluding carboxylic acids is 1. The van der Waals surface area contributed by atoms with E-state index in [1.54, 1.807) is 0 Å². The van der Waals surface area contributed by atoms with E-state index in [0.29, 0.717) is 16.1 Å². The second-order valence-corrected chi connectivity index (χ2v) is 6.05. The van der Waals surface area contributed by atoms with E-state index in [0.717, 1.165) is 18.7 Å². The predicted molar refractivity (Wildman–Crippen MR) is 87.2 cm³/mol. The Kier molecular flexibility index (Phi) is 5.27. The molecule has 1 amide bonds. The fourth-order valence-corrected chi connectivity index (χ4v) is 2.44. The summed E-state index contributed by atoms with van der Waals surface area (Å²) in [6, 6.07) is 7.86. The standard InChI is InChI=1S/C15H20N4OS/c1-4-8-16-15-19-18-14(21-15)13(20)17-12-7-5-6-11(9-12)10(2)3/h5-7,9-10H,4,8H2,1-3H3,(H,16,19)(H,17,20). The van der Waals surface area contributed by atoms with E-state index < -0.39 is 0 Å². The molecule has 2 aromatic rings. The summed E-state index contributed by atoms with van der Waals surface area (Å²) in [6.45, 7) is 7.14. The van der Waals surface area contributed by atoms with Crippen molar-refractivity contribution in [2.45, 2.75) is 33.1 Å². The first-order valence-electron chi connectivity index (χ1n) is 7.08. The van der Waals surface area contributed by atoms with Crippen molar-refractivity contribution >= 4 is 28.1 Å². The summed E-state index contributed by atoms with van der Waals surface area (Å²) in [4.78, 5) is 12.2. The summed E-state index contributed by atoms with van der Waals surface area (Å²) in [5, 5.41) is 14.9. The fraction of sp³-hybridized carbons (Fsp3) is 0.400. The molecule has 0 spiro atoms. The Bertz CT molecular complexity index is 609. The molecule has 1 aromatic carbocycles. The number of rotatable bonds is 6. The van der Waals surface area contributed by atoms with Crippen molar-refractivity contribution in [1.82, 2.24) is 10.2 Å². The van der Waals surface area contributed by atoms with Crippen molar-refractivity contribution in [2.75, 3.05) is 17.2 Å². The molecular weight excluding hydrogens is 284 g/mol. The summed E-state index contributed by atoms with van der Waals surface area (Å²) < 4.78 is 0. The van der Waals surface area contributed by atoms with Crippen molar-refractivity contribution in [2.24, 2.45) is 0 Å². The first kappa shape index (κ1) is 15.4. The molecule has 5 nitrogen and oxygen atoms in total. The lowest BCUT2D eigenvalue weighted by Gasteiger charge is -2.08. The summed E-state index contributed by atoms with van der Waals surface area (Å²) in [5.74, 6) is 0.200. The Morgan fingerprint density at radius 3 is 2.86 bits per heavy atom. The molecule has 0 aliphatic rings. The third-order valence-corrected chi connectivity index (χ3v) is 3.84. The molecule has 0 saturated carbocycles. The van der Waals surface area contributed by atoms with E-state index in [-0.39, 0.29) is 5.91 Å². The van der Waals surface area contributed by atoms with Crippen LogP contribution in [0.15, 0.2) is 24.3 Å². The van der Waals surface area contributed by atoms with Crippen molar-refractivity contribution in [3.63, 3.8) is 0 Å². The van der Waals surface area contributed by atoms with Gasteiger partial charge in [0.25, 0.3) is 5.91 Å². The SMILES string of the molecule is CCCNc1nnc(C(=O)Nc2cccc(C(C)C)c2)s1. The first-order valence-corrected chi connectivity index (χ1v) is 7.90. The van der Waals surface area contributed by atoms with Crippen molar-refractivity contribution < 1.29 is 4.79 Å². The number of aromatic nitrogens is 2. The highest BCUT2D eigenvalue weighted by atomic mass is 32.1. The van der Waals surface area contributed by atoms with Gasteiger partial charge < -0.3 is 10.6 Å². The minimum atomic E-state index is -0.224. The van der Waals surface area contributed by atoms with Crippen LogP contribution in [0.1, 0.15) is 48.5 Å². The van der Waals surface area contributed by atoms with E-state index in [1.807, 2.05) is 18.2 Å². The quantitative estimate of drug-likeness (QED) is 0.853. The third-order valence-electron chi connectivity index (χ3n) is 2.96. The number of hydrogen-bond donors (Lipinski definition) is 2. The van der Waals surface area contributed by atoms with Gasteiger partial charge in [0.05, 0.1) is 0 Å². The first-order chi connectivity index (χ1) is 10.1. The van der Waals surface area contributed by atoms with Crippen LogP contribution in [0, 0.1) is 0 Å². The molecule has 1 heterocycles. The Labute approximate surface area is 128 Å². The van der Waals surface area contributed by atoms with Gasteiger partial charge in [0, 0.05) is 12.2 Å². The lowest BCUT2D eigenvalue weighted by atomic mass is 10.0. The molecule has 0 bridgehead atoms. The summed E-state index contributed by atoms with van der Waals surface area (Å²) in [7, 11) is 0. The average Bonchev–Trinajstić information content (AvgIpc) is 2.94. The minimum Gasteiger partial charge on any atom is -0.360 e. The van der Waals surface area contributed by atoms with Crippen LogP contribution in [0.2, 0.25) is 0 Å². The van der Waals surface area contributed by atoms with Gasteiger partial charge in [-0.15, -0.1) is 10.2 Å². The van der Waals surface area contributed by atoms with E-state index in [1.165, 1.54) is 16.9 Å². The number of amides is 1. The summed E-state index contributed by atoms with van der Waals surface area (Å²) in [5.41, 5.74) is 1.97. The normalized spacial score (nSPS) is 10.7. The van der Waals surface area contributed by atoms with Crippen LogP contribution in [0.3, 0.4) is 0 Å². The smallest absolute Gasteiger partial charge is 0.286 e. The van der Waals surface area contributed by atoms with Gasteiger partial charge in [-0.3, -0.25) is 4.79 Å². The van der Waals surface area contributed by atoms with E-state index >= 15 is 0 Å². The molecule has 2 rings (SSSR count). The van der Waals surface area contributed by atoms with Crippen LogP contribution in [-0.4, -0.2) is 22.6 Å². The molecule has 0 atom stereocenters. The van der Waals surface area contributed by atoms with Crippen molar-refractivity contribution in [3.05, 3.63) is 34.8 Å². The van der Waals surface area contributed by atoms with Crippen LogP contribution in [0.5, 0.6) is 0 Å². The Morgan fingerprint density at radius 2 is 2.14 bits per heavy atom. The van der Waals surface area contributed by atoms with E-state index in [4.69, 9.17) is 0 Å². The molecule has 1 aromatic heterocycles. The van der Waals surface area contributed by atoms with Gasteiger partial charge >= 0.3 is 0 Å². The largest absolute Gasteiger partial charge is 0.360 e. The van der Waals surface area contributed by atoms with Gasteiger partial charge in [-0.05, 0) is 30.0 Å². The second kappa shape index (κ2) is 7.17. The number of hydrogen-bond acceptors (Lipinski definition) is 5. The lowest BCUT2D eigenvalue weighted by Crippen LogP contribution is -2.11. The van der Waals surface area contributed by atoms with Gasteiger partial charge in [0.2, 0.25) is 10.1 Å². The topological polar surface area (TPSA) is 66.9 Å². The number of nitrogens with one attached hydrogen (secondary N) is 2. The summed E-state index contributed by atoms with van der Waals surface area (Å²) in [6.07, 6.45) is 1.00. The predicted octanol–water partition coefficient (Wildman–Crippen LogP) is 3.74. The highest BCUT2D eigenvalue weighted by Crippen LogP contribution is 2.20. The lowest BCUT2D eigenvalue weighted by molar-refractivity contribution is 0.102. The minimum absolute atomic E-state index is 0.224. The van der Waals surface area contributed by atoms with Gasteiger partial charge in [-0.2, -0.15) is 0 Å². The molecule has 112 valence electrons. The molecule has 6 heteroatoms. The molecule has 0 aliphatic heterocycles. The van der Waals surface area contributed by atoms with Crippen molar-refractivity contribution in [3.8, 4) is 0 Å². The Morgan fingerprint density at radius 1 is 1.33 bits per heavy atom. The molecule has 0 radical (unpaired) electrons. The third kappa shape index (κ3) is 4.26. The number of anilines is 2. The zero-order valence-corrected chi connectivity index (χ0v) is 13.3. The fourth-order valence-electron chi connectivity index (χ4n) is 1.78. The highest BCUT2D eigenvalue weighted by Gasteiger charge is 2.13. The molecule has 2 N–H and O–H groups in total. The van der Waals surface area contributed by atoms with E-state index in [9.17, 15) is 4.79 Å². The van der Waals surface area contributed by atoms with Gasteiger partial charge in [-0.1, -0.05) is 44.2 Å². The number of carbonyl (C=O) groups is 1. The van der Waals surface area contributed by atoms with E-state index in [2.05, 4.69) is 47.7 Å². The zero-order chi connectivity index (χ0) is 15.2. The maximum absolute atomic E-state index is 12.2.